The summed E-state index contributed by atoms with van der Waals surface area (Å²) in [5.74, 6) is 0.601. The molecule has 0 unspecified atom stereocenters. The first-order valence-electron chi connectivity index (χ1n) is 9.35. The number of hydrogen-bond acceptors (Lipinski definition) is 5. The minimum atomic E-state index is 0.123. The van der Waals surface area contributed by atoms with Crippen molar-refractivity contribution in [3.05, 3.63) is 18.5 Å². The number of carbonyl (C=O) groups excluding carboxylic acids is 1. The molecule has 2 atom stereocenters. The summed E-state index contributed by atoms with van der Waals surface area (Å²) in [6.07, 6.45) is 6.33. The fourth-order valence-electron chi connectivity index (χ4n) is 4.00. The van der Waals surface area contributed by atoms with Crippen molar-refractivity contribution < 1.29 is 9.53 Å². The van der Waals surface area contributed by atoms with Gasteiger partial charge in [-0.15, -0.1) is 0 Å². The largest absolute Gasteiger partial charge is 0.381 e. The number of amides is 1. The lowest BCUT2D eigenvalue weighted by molar-refractivity contribution is -0.122. The van der Waals surface area contributed by atoms with Gasteiger partial charge in [0, 0.05) is 76.2 Å². The highest BCUT2D eigenvalue weighted by Crippen LogP contribution is 2.24. The first kappa shape index (κ1) is 18.4. The number of hydrogen-bond donors (Lipinski definition) is 1. The molecule has 0 bridgehead atoms. The molecule has 1 amide bonds. The monoisotopic (exact) mass is 349 g/mol. The van der Waals surface area contributed by atoms with Gasteiger partial charge in [0.05, 0.1) is 0 Å². The molecule has 0 aromatic carbocycles. The van der Waals surface area contributed by atoms with Crippen molar-refractivity contribution in [2.24, 2.45) is 5.92 Å². The van der Waals surface area contributed by atoms with Gasteiger partial charge in [-0.3, -0.25) is 14.4 Å². The molecular weight excluding hydrogens is 318 g/mol. The zero-order chi connectivity index (χ0) is 17.6. The standard InChI is InChI=1S/C18H31N5O2/c1-21(2)12-15-13-22(16-5-10-25-11-6-16)14-17(15)20-18(24)4-9-23-8-3-7-19-23/h3,7-8,15-17H,4-6,9-14H2,1-2H3,(H,20,24)/t15-,17-/m1/s1. The van der Waals surface area contributed by atoms with E-state index in [1.54, 1.807) is 10.9 Å². The number of aryl methyl sites for hydroxylation is 1. The topological polar surface area (TPSA) is 62.6 Å². The number of ether oxygens (including phenoxy) is 1. The second kappa shape index (κ2) is 8.78. The van der Waals surface area contributed by atoms with E-state index >= 15 is 0 Å². The maximum atomic E-state index is 12.4. The first-order chi connectivity index (χ1) is 12.1. The Morgan fingerprint density at radius 3 is 2.80 bits per heavy atom. The number of likely N-dealkylation sites (tertiary alicyclic amines) is 1. The molecule has 0 radical (unpaired) electrons. The van der Waals surface area contributed by atoms with Gasteiger partial charge in [-0.25, -0.2) is 0 Å². The molecule has 0 saturated carbocycles. The molecule has 2 saturated heterocycles. The molecule has 7 heteroatoms. The molecular formula is C18H31N5O2. The van der Waals surface area contributed by atoms with Crippen molar-refractivity contribution in [1.29, 1.82) is 0 Å². The Balaban J connectivity index is 1.53. The van der Waals surface area contributed by atoms with Gasteiger partial charge >= 0.3 is 0 Å². The van der Waals surface area contributed by atoms with Gasteiger partial charge in [0.25, 0.3) is 0 Å². The van der Waals surface area contributed by atoms with Crippen LogP contribution in [0.1, 0.15) is 19.3 Å². The Morgan fingerprint density at radius 2 is 2.12 bits per heavy atom. The Hall–Kier alpha value is -1.44. The molecule has 7 nitrogen and oxygen atoms in total. The average molecular weight is 349 g/mol. The number of nitrogens with zero attached hydrogens (tertiary/aromatic N) is 4. The lowest BCUT2D eigenvalue weighted by Crippen LogP contribution is -2.44. The highest BCUT2D eigenvalue weighted by molar-refractivity contribution is 5.76. The second-order valence-electron chi connectivity index (χ2n) is 7.51. The van der Waals surface area contributed by atoms with Crippen LogP contribution in [0.3, 0.4) is 0 Å². The van der Waals surface area contributed by atoms with Gasteiger partial charge in [0.15, 0.2) is 0 Å². The molecule has 3 heterocycles. The Kier molecular flexibility index (Phi) is 6.45. The summed E-state index contributed by atoms with van der Waals surface area (Å²) < 4.78 is 7.30. The summed E-state index contributed by atoms with van der Waals surface area (Å²) in [4.78, 5) is 17.2. The zero-order valence-electron chi connectivity index (χ0n) is 15.4. The fourth-order valence-corrected chi connectivity index (χ4v) is 4.00. The van der Waals surface area contributed by atoms with E-state index in [-0.39, 0.29) is 11.9 Å². The lowest BCUT2D eigenvalue weighted by Gasteiger charge is -2.31. The van der Waals surface area contributed by atoms with Crippen LogP contribution < -0.4 is 5.32 Å². The maximum absolute atomic E-state index is 12.4. The van der Waals surface area contributed by atoms with Crippen LogP contribution in [0.15, 0.2) is 18.5 Å². The van der Waals surface area contributed by atoms with E-state index in [9.17, 15) is 4.79 Å². The molecule has 3 rings (SSSR count). The number of nitrogens with one attached hydrogen (secondary N) is 1. The van der Waals surface area contributed by atoms with Crippen LogP contribution in [0.5, 0.6) is 0 Å². The van der Waals surface area contributed by atoms with E-state index in [4.69, 9.17) is 4.74 Å². The maximum Gasteiger partial charge on any atom is 0.222 e. The molecule has 0 spiro atoms. The summed E-state index contributed by atoms with van der Waals surface area (Å²) in [6, 6.07) is 2.72. The van der Waals surface area contributed by atoms with E-state index in [1.165, 1.54) is 0 Å². The Labute approximate surface area is 150 Å². The highest BCUT2D eigenvalue weighted by atomic mass is 16.5. The van der Waals surface area contributed by atoms with Crippen LogP contribution in [-0.2, 0) is 16.1 Å². The normalized spacial score (nSPS) is 25.6. The molecule has 2 fully saturated rings. The summed E-state index contributed by atoms with van der Waals surface area (Å²) in [5.41, 5.74) is 0. The van der Waals surface area contributed by atoms with Gasteiger partial charge in [-0.1, -0.05) is 0 Å². The van der Waals surface area contributed by atoms with Crippen LogP contribution in [-0.4, -0.2) is 84.5 Å². The van der Waals surface area contributed by atoms with Gasteiger partial charge < -0.3 is 15.0 Å². The summed E-state index contributed by atoms with van der Waals surface area (Å²) in [6.45, 7) is 5.38. The smallest absolute Gasteiger partial charge is 0.222 e. The van der Waals surface area contributed by atoms with E-state index in [2.05, 4.69) is 34.3 Å². The third-order valence-corrected chi connectivity index (χ3v) is 5.25. The third kappa shape index (κ3) is 5.26. The molecule has 25 heavy (non-hydrogen) atoms. The van der Waals surface area contributed by atoms with Gasteiger partial charge in [-0.05, 0) is 33.0 Å². The van der Waals surface area contributed by atoms with Crippen LogP contribution in [0, 0.1) is 5.92 Å². The molecule has 0 aliphatic carbocycles. The van der Waals surface area contributed by atoms with E-state index in [0.29, 0.717) is 24.9 Å². The van der Waals surface area contributed by atoms with Crippen molar-refractivity contribution >= 4 is 5.91 Å². The SMILES string of the molecule is CN(C)C[C@@H]1CN(C2CCOCC2)C[C@H]1NC(=O)CCn1cccn1. The van der Waals surface area contributed by atoms with Crippen molar-refractivity contribution in [1.82, 2.24) is 24.9 Å². The number of aromatic nitrogens is 2. The summed E-state index contributed by atoms with van der Waals surface area (Å²) in [5, 5.41) is 7.44. The van der Waals surface area contributed by atoms with Gasteiger partial charge in [0.1, 0.15) is 0 Å². The van der Waals surface area contributed by atoms with Gasteiger partial charge in [-0.2, -0.15) is 5.10 Å². The number of carbonyl (C=O) groups is 1. The van der Waals surface area contributed by atoms with Crippen LogP contribution in [0.4, 0.5) is 0 Å². The minimum absolute atomic E-state index is 0.123. The third-order valence-electron chi connectivity index (χ3n) is 5.25. The van der Waals surface area contributed by atoms with E-state index in [0.717, 1.165) is 45.7 Å². The lowest BCUT2D eigenvalue weighted by atomic mass is 10.0. The molecule has 1 aromatic heterocycles. The molecule has 2 aliphatic rings. The molecule has 140 valence electrons. The van der Waals surface area contributed by atoms with E-state index in [1.807, 2.05) is 12.3 Å². The van der Waals surface area contributed by atoms with Crippen molar-refractivity contribution in [2.75, 3.05) is 46.9 Å². The average Bonchev–Trinajstić information content (AvgIpc) is 3.24. The van der Waals surface area contributed by atoms with Crippen molar-refractivity contribution in [3.8, 4) is 0 Å². The summed E-state index contributed by atoms with van der Waals surface area (Å²) >= 11 is 0. The van der Waals surface area contributed by atoms with E-state index < -0.39 is 0 Å². The molecule has 2 aliphatic heterocycles. The number of rotatable bonds is 7. The molecule has 1 aromatic rings. The fraction of sp³-hybridized carbons (Fsp3) is 0.778. The second-order valence-corrected chi connectivity index (χ2v) is 7.51. The van der Waals surface area contributed by atoms with Crippen molar-refractivity contribution in [2.45, 2.75) is 37.9 Å². The van der Waals surface area contributed by atoms with Crippen molar-refractivity contribution in [3.63, 3.8) is 0 Å². The van der Waals surface area contributed by atoms with Crippen LogP contribution in [0.25, 0.3) is 0 Å². The predicted octanol–water partition coefficient (Wildman–Crippen LogP) is 0.430. The summed E-state index contributed by atoms with van der Waals surface area (Å²) in [7, 11) is 4.21. The van der Waals surface area contributed by atoms with Crippen LogP contribution >= 0.6 is 0 Å². The highest BCUT2D eigenvalue weighted by Gasteiger charge is 2.37. The first-order valence-corrected chi connectivity index (χ1v) is 9.35. The quantitative estimate of drug-likeness (QED) is 0.774. The van der Waals surface area contributed by atoms with Crippen LogP contribution in [0.2, 0.25) is 0 Å². The Morgan fingerprint density at radius 1 is 1.32 bits per heavy atom. The Bertz CT molecular complexity index is 528. The minimum Gasteiger partial charge on any atom is -0.381 e. The molecule has 1 N–H and O–H groups in total. The zero-order valence-corrected chi connectivity index (χ0v) is 15.4. The van der Waals surface area contributed by atoms with Gasteiger partial charge in [0.2, 0.25) is 5.91 Å². The predicted molar refractivity (Wildman–Crippen MR) is 96.2 cm³/mol.